The summed E-state index contributed by atoms with van der Waals surface area (Å²) in [5.74, 6) is -0.142. The number of rotatable bonds is 4. The molecule has 0 amide bonds. The van der Waals surface area contributed by atoms with Crippen molar-refractivity contribution in [3.8, 4) is 0 Å². The van der Waals surface area contributed by atoms with Gasteiger partial charge >= 0.3 is 6.16 Å². The Hall–Kier alpha value is -1.59. The molecule has 1 saturated heterocycles. The topological polar surface area (TPSA) is 55.8 Å². The van der Waals surface area contributed by atoms with Crippen molar-refractivity contribution < 1.29 is 19.2 Å². The highest BCUT2D eigenvalue weighted by Crippen LogP contribution is 2.19. The third-order valence-electron chi connectivity index (χ3n) is 3.18. The first kappa shape index (κ1) is 14.8. The summed E-state index contributed by atoms with van der Waals surface area (Å²) in [4.78, 5) is 27.6. The fraction of sp³-hybridized carbons (Fsp3) is 0.429. The van der Waals surface area contributed by atoms with E-state index < -0.39 is 6.16 Å². The molecule has 0 aliphatic carbocycles. The zero-order chi connectivity index (χ0) is 14.4. The van der Waals surface area contributed by atoms with E-state index in [1.807, 2.05) is 30.3 Å². The highest BCUT2D eigenvalue weighted by Gasteiger charge is 2.26. The number of nitrogens with zero attached hydrogens (tertiary/aromatic N) is 1. The average molecular weight is 298 g/mol. The number of carbonyl (C=O) groups excluding carboxylic acids is 2. The lowest BCUT2D eigenvalue weighted by Gasteiger charge is -2.28. The normalized spacial score (nSPS) is 16.6. The Labute approximate surface area is 122 Å². The van der Waals surface area contributed by atoms with Gasteiger partial charge in [-0.1, -0.05) is 30.3 Å². The fourth-order valence-electron chi connectivity index (χ4n) is 2.02. The van der Waals surface area contributed by atoms with Gasteiger partial charge in [-0.25, -0.2) is 4.79 Å². The molecular formula is C14H16ClNO4. The predicted octanol–water partition coefficient (Wildman–Crippen LogP) is 2.73. The van der Waals surface area contributed by atoms with Gasteiger partial charge in [0.05, 0.1) is 0 Å². The molecule has 0 bridgehead atoms. The third-order valence-corrected chi connectivity index (χ3v) is 3.49. The smallest absolute Gasteiger partial charge is 0.428 e. The maximum atomic E-state index is 11.5. The predicted molar refractivity (Wildman–Crippen MR) is 72.9 cm³/mol. The van der Waals surface area contributed by atoms with Gasteiger partial charge in [0.25, 0.3) is 0 Å². The highest BCUT2D eigenvalue weighted by molar-refractivity contribution is 6.63. The van der Waals surface area contributed by atoms with Gasteiger partial charge in [-0.2, -0.15) is 0 Å². The van der Waals surface area contributed by atoms with Gasteiger partial charge < -0.3 is 9.57 Å². The number of halogens is 1. The Morgan fingerprint density at radius 3 is 2.45 bits per heavy atom. The first-order valence-electron chi connectivity index (χ1n) is 6.48. The van der Waals surface area contributed by atoms with E-state index >= 15 is 0 Å². The summed E-state index contributed by atoms with van der Waals surface area (Å²) in [6, 6.07) is 9.37. The van der Waals surface area contributed by atoms with Gasteiger partial charge in [0.1, 0.15) is 6.61 Å². The van der Waals surface area contributed by atoms with Gasteiger partial charge in [-0.3, -0.25) is 4.79 Å². The zero-order valence-corrected chi connectivity index (χ0v) is 11.7. The van der Waals surface area contributed by atoms with Crippen LogP contribution in [0.25, 0.3) is 0 Å². The van der Waals surface area contributed by atoms with E-state index in [1.165, 1.54) is 5.06 Å². The van der Waals surface area contributed by atoms with E-state index in [2.05, 4.69) is 0 Å². The summed E-state index contributed by atoms with van der Waals surface area (Å²) in [6.45, 7) is 1.16. The molecule has 108 valence electrons. The van der Waals surface area contributed by atoms with Crippen LogP contribution >= 0.6 is 11.6 Å². The monoisotopic (exact) mass is 297 g/mol. The van der Waals surface area contributed by atoms with Crippen LogP contribution in [-0.2, 0) is 21.0 Å². The number of benzene rings is 1. The molecule has 1 aliphatic rings. The minimum Gasteiger partial charge on any atom is -0.428 e. The summed E-state index contributed by atoms with van der Waals surface area (Å²) in [7, 11) is 0. The summed E-state index contributed by atoms with van der Waals surface area (Å²) >= 11 is 5.44. The molecule has 0 spiro atoms. The maximum Gasteiger partial charge on any atom is 0.528 e. The maximum absolute atomic E-state index is 11.5. The summed E-state index contributed by atoms with van der Waals surface area (Å²) in [6.07, 6.45) is 0.451. The number of ether oxygens (including phenoxy) is 1. The minimum absolute atomic E-state index is 0.142. The van der Waals surface area contributed by atoms with Crippen molar-refractivity contribution in [1.29, 1.82) is 0 Å². The first-order valence-corrected chi connectivity index (χ1v) is 6.86. The molecule has 0 radical (unpaired) electrons. The number of hydroxylamine groups is 2. The second-order valence-electron chi connectivity index (χ2n) is 4.62. The van der Waals surface area contributed by atoms with Gasteiger partial charge in [0.15, 0.2) is 0 Å². The van der Waals surface area contributed by atoms with Gasteiger partial charge in [-0.05, 0) is 30.0 Å². The van der Waals surface area contributed by atoms with Crippen LogP contribution in [0.2, 0.25) is 0 Å². The van der Waals surface area contributed by atoms with Crippen molar-refractivity contribution in [2.75, 3.05) is 13.1 Å². The van der Waals surface area contributed by atoms with E-state index in [0.29, 0.717) is 25.9 Å². The Bertz CT molecular complexity index is 458. The molecule has 6 heteroatoms. The van der Waals surface area contributed by atoms with Gasteiger partial charge in [0.2, 0.25) is 5.24 Å². The van der Waals surface area contributed by atoms with Crippen LogP contribution in [0.5, 0.6) is 0 Å². The molecule has 1 heterocycles. The summed E-state index contributed by atoms with van der Waals surface area (Å²) < 4.78 is 5.01. The molecule has 1 aliphatic heterocycles. The van der Waals surface area contributed by atoms with Crippen LogP contribution in [-0.4, -0.2) is 29.6 Å². The lowest BCUT2D eigenvalue weighted by Crippen LogP contribution is -2.37. The SMILES string of the molecule is O=C(OCc1ccccc1)ON1CCC(C(=O)Cl)CC1. The Balaban J connectivity index is 1.69. The van der Waals surface area contributed by atoms with Crippen molar-refractivity contribution in [2.24, 2.45) is 5.92 Å². The quantitative estimate of drug-likeness (QED) is 0.632. The lowest BCUT2D eigenvalue weighted by molar-refractivity contribution is -0.147. The van der Waals surface area contributed by atoms with E-state index in [-0.39, 0.29) is 17.8 Å². The Kier molecular flexibility index (Phi) is 5.38. The molecule has 0 unspecified atom stereocenters. The molecule has 0 atom stereocenters. The van der Waals surface area contributed by atoms with Crippen molar-refractivity contribution in [2.45, 2.75) is 19.4 Å². The second-order valence-corrected chi connectivity index (χ2v) is 5.00. The minimum atomic E-state index is -0.732. The molecule has 0 saturated carbocycles. The van der Waals surface area contributed by atoms with Crippen LogP contribution in [0.4, 0.5) is 4.79 Å². The van der Waals surface area contributed by atoms with E-state index in [0.717, 1.165) is 5.56 Å². The average Bonchev–Trinajstić information content (AvgIpc) is 2.47. The van der Waals surface area contributed by atoms with Crippen LogP contribution in [0, 0.1) is 5.92 Å². The van der Waals surface area contributed by atoms with Crippen molar-refractivity contribution in [3.05, 3.63) is 35.9 Å². The fourth-order valence-corrected chi connectivity index (χ4v) is 2.24. The molecule has 1 aromatic carbocycles. The van der Waals surface area contributed by atoms with E-state index in [1.54, 1.807) is 0 Å². The van der Waals surface area contributed by atoms with E-state index in [9.17, 15) is 9.59 Å². The third kappa shape index (κ3) is 4.51. The van der Waals surface area contributed by atoms with E-state index in [4.69, 9.17) is 21.2 Å². The highest BCUT2D eigenvalue weighted by atomic mass is 35.5. The Morgan fingerprint density at radius 2 is 1.85 bits per heavy atom. The molecule has 20 heavy (non-hydrogen) atoms. The second kappa shape index (κ2) is 7.26. The van der Waals surface area contributed by atoms with Crippen molar-refractivity contribution in [1.82, 2.24) is 5.06 Å². The zero-order valence-electron chi connectivity index (χ0n) is 11.0. The molecule has 2 rings (SSSR count). The van der Waals surface area contributed by atoms with Crippen molar-refractivity contribution >= 4 is 23.0 Å². The van der Waals surface area contributed by atoms with Gasteiger partial charge in [-0.15, -0.1) is 5.06 Å². The standard InChI is InChI=1S/C14H16ClNO4/c15-13(17)12-6-8-16(9-7-12)20-14(18)19-10-11-4-2-1-3-5-11/h1-5,12H,6-10H2. The van der Waals surface area contributed by atoms with Crippen LogP contribution < -0.4 is 0 Å². The van der Waals surface area contributed by atoms with Crippen LogP contribution in [0.3, 0.4) is 0 Å². The lowest BCUT2D eigenvalue weighted by atomic mass is 10.00. The molecular weight excluding hydrogens is 282 g/mol. The molecule has 0 N–H and O–H groups in total. The molecule has 0 aromatic heterocycles. The number of piperidine rings is 1. The summed E-state index contributed by atoms with van der Waals surface area (Å²) in [5, 5.41) is 1.18. The van der Waals surface area contributed by atoms with Crippen LogP contribution in [0.1, 0.15) is 18.4 Å². The number of carbonyl (C=O) groups is 2. The summed E-state index contributed by atoms with van der Waals surface area (Å²) in [5.41, 5.74) is 0.899. The van der Waals surface area contributed by atoms with Crippen molar-refractivity contribution in [3.63, 3.8) is 0 Å². The number of hydrogen-bond acceptors (Lipinski definition) is 5. The molecule has 1 aromatic rings. The van der Waals surface area contributed by atoms with Crippen LogP contribution in [0.15, 0.2) is 30.3 Å². The largest absolute Gasteiger partial charge is 0.528 e. The Morgan fingerprint density at radius 1 is 1.20 bits per heavy atom. The first-order chi connectivity index (χ1) is 9.65. The van der Waals surface area contributed by atoms with Gasteiger partial charge in [0, 0.05) is 19.0 Å². The molecule has 1 fully saturated rings. The molecule has 5 nitrogen and oxygen atoms in total. The number of hydrogen-bond donors (Lipinski definition) is 0.